The Hall–Kier alpha value is -2.83. The van der Waals surface area contributed by atoms with Crippen LogP contribution in [0.25, 0.3) is 5.69 Å². The number of nitrogens with zero attached hydrogens (tertiary/aromatic N) is 3. The quantitative estimate of drug-likeness (QED) is 0.903. The molecule has 0 spiro atoms. The number of hydrogen-bond acceptors (Lipinski definition) is 3. The van der Waals surface area contributed by atoms with Gasteiger partial charge in [-0.3, -0.25) is 14.2 Å². The highest BCUT2D eigenvalue weighted by Crippen LogP contribution is 2.14. The molecule has 1 saturated heterocycles. The number of carbonyl (C=O) groups excluding carboxylic acids is 2. The van der Waals surface area contributed by atoms with Gasteiger partial charge < -0.3 is 14.8 Å². The highest BCUT2D eigenvalue weighted by atomic mass is 16.2. The van der Waals surface area contributed by atoms with Crippen LogP contribution in [0.5, 0.6) is 0 Å². The predicted molar refractivity (Wildman–Crippen MR) is 98.4 cm³/mol. The Bertz CT molecular complexity index is 856. The molecule has 1 aliphatic rings. The molecular formula is C19H24N4O3. The van der Waals surface area contributed by atoms with E-state index in [4.69, 9.17) is 0 Å². The van der Waals surface area contributed by atoms with E-state index < -0.39 is 0 Å². The van der Waals surface area contributed by atoms with Crippen LogP contribution >= 0.6 is 0 Å². The van der Waals surface area contributed by atoms with Crippen LogP contribution in [0.2, 0.25) is 0 Å². The molecule has 0 aliphatic carbocycles. The lowest BCUT2D eigenvalue weighted by Crippen LogP contribution is -2.51. The molecule has 2 aromatic rings. The summed E-state index contributed by atoms with van der Waals surface area (Å²) in [5.74, 6) is 0.0604. The van der Waals surface area contributed by atoms with Gasteiger partial charge in [0.25, 0.3) is 5.91 Å². The second kappa shape index (κ2) is 7.19. The molecule has 1 aliphatic heterocycles. The molecule has 7 nitrogen and oxygen atoms in total. The third-order valence-electron chi connectivity index (χ3n) is 4.71. The number of rotatable bonds is 3. The van der Waals surface area contributed by atoms with Gasteiger partial charge in [0.05, 0.1) is 5.69 Å². The SMILES string of the molecule is Cc1c[nH]c(=O)n1-c1ccc(C(=O)N2CCN(C(=O)C(C)C)CC2)cc1. The Morgan fingerprint density at radius 2 is 1.58 bits per heavy atom. The number of aryl methyl sites for hydroxylation is 1. The molecule has 2 amide bonds. The topological polar surface area (TPSA) is 78.4 Å². The zero-order valence-corrected chi connectivity index (χ0v) is 15.4. The molecule has 3 rings (SSSR count). The summed E-state index contributed by atoms with van der Waals surface area (Å²) in [6.07, 6.45) is 1.65. The number of hydrogen-bond donors (Lipinski definition) is 1. The Morgan fingerprint density at radius 3 is 2.08 bits per heavy atom. The third-order valence-corrected chi connectivity index (χ3v) is 4.71. The fourth-order valence-electron chi connectivity index (χ4n) is 3.21. The first-order valence-corrected chi connectivity index (χ1v) is 8.84. The van der Waals surface area contributed by atoms with E-state index in [9.17, 15) is 14.4 Å². The fourth-order valence-corrected chi connectivity index (χ4v) is 3.21. The number of aromatic nitrogens is 2. The largest absolute Gasteiger partial charge is 0.339 e. The van der Waals surface area contributed by atoms with Gasteiger partial charge in [-0.05, 0) is 31.2 Å². The van der Waals surface area contributed by atoms with E-state index in [2.05, 4.69) is 4.98 Å². The molecule has 0 unspecified atom stereocenters. The summed E-state index contributed by atoms with van der Waals surface area (Å²) in [6, 6.07) is 7.02. The average Bonchev–Trinajstić information content (AvgIpc) is 2.99. The standard InChI is InChI=1S/C19H24N4O3/c1-13(2)17(24)21-8-10-22(11-9-21)18(25)15-4-6-16(7-5-15)23-14(3)12-20-19(23)26/h4-7,12-13H,8-11H2,1-3H3,(H,20,26). The van der Waals surface area contributed by atoms with Crippen molar-refractivity contribution in [2.75, 3.05) is 26.2 Å². The zero-order chi connectivity index (χ0) is 18.8. The summed E-state index contributed by atoms with van der Waals surface area (Å²) < 4.78 is 1.56. The number of H-pyrrole nitrogens is 1. The lowest BCUT2D eigenvalue weighted by Gasteiger charge is -2.35. The zero-order valence-electron chi connectivity index (χ0n) is 15.4. The van der Waals surface area contributed by atoms with Crippen LogP contribution in [0.15, 0.2) is 35.3 Å². The molecule has 0 bridgehead atoms. The van der Waals surface area contributed by atoms with E-state index in [0.29, 0.717) is 31.7 Å². The highest BCUT2D eigenvalue weighted by Gasteiger charge is 2.25. The van der Waals surface area contributed by atoms with Crippen LogP contribution in [0.1, 0.15) is 29.9 Å². The van der Waals surface area contributed by atoms with Crippen LogP contribution in [0.4, 0.5) is 0 Å². The van der Waals surface area contributed by atoms with Gasteiger partial charge in [0, 0.05) is 49.6 Å². The van der Waals surface area contributed by atoms with E-state index in [-0.39, 0.29) is 23.4 Å². The van der Waals surface area contributed by atoms with Gasteiger partial charge in [-0.2, -0.15) is 0 Å². The van der Waals surface area contributed by atoms with Gasteiger partial charge in [-0.25, -0.2) is 4.79 Å². The Labute approximate surface area is 152 Å². The van der Waals surface area contributed by atoms with E-state index in [1.54, 1.807) is 39.9 Å². The highest BCUT2D eigenvalue weighted by molar-refractivity contribution is 5.94. The summed E-state index contributed by atoms with van der Waals surface area (Å²) in [7, 11) is 0. The van der Waals surface area contributed by atoms with Crippen molar-refractivity contribution in [3.8, 4) is 5.69 Å². The maximum Gasteiger partial charge on any atom is 0.330 e. The van der Waals surface area contributed by atoms with Crippen molar-refractivity contribution in [1.82, 2.24) is 19.4 Å². The monoisotopic (exact) mass is 356 g/mol. The second-order valence-corrected chi connectivity index (χ2v) is 6.89. The number of aromatic amines is 1. The molecule has 1 fully saturated rings. The molecule has 7 heteroatoms. The average molecular weight is 356 g/mol. The second-order valence-electron chi connectivity index (χ2n) is 6.89. The summed E-state index contributed by atoms with van der Waals surface area (Å²) in [6.45, 7) is 7.83. The predicted octanol–water partition coefficient (Wildman–Crippen LogP) is 1.41. The number of amides is 2. The first kappa shape index (κ1) is 18.0. The summed E-state index contributed by atoms with van der Waals surface area (Å²) in [5.41, 5.74) is 1.91. The third kappa shape index (κ3) is 3.42. The Kier molecular flexibility index (Phi) is 4.97. The summed E-state index contributed by atoms with van der Waals surface area (Å²) >= 11 is 0. The number of nitrogens with one attached hydrogen (secondary N) is 1. The lowest BCUT2D eigenvalue weighted by atomic mass is 10.1. The Morgan fingerprint density at radius 1 is 1.00 bits per heavy atom. The van der Waals surface area contributed by atoms with Crippen molar-refractivity contribution < 1.29 is 9.59 Å². The fraction of sp³-hybridized carbons (Fsp3) is 0.421. The van der Waals surface area contributed by atoms with Gasteiger partial charge in [0.1, 0.15) is 0 Å². The number of piperazine rings is 1. The first-order valence-electron chi connectivity index (χ1n) is 8.84. The van der Waals surface area contributed by atoms with Crippen molar-refractivity contribution >= 4 is 11.8 Å². The molecule has 26 heavy (non-hydrogen) atoms. The van der Waals surface area contributed by atoms with Crippen LogP contribution in [-0.4, -0.2) is 57.3 Å². The first-order chi connectivity index (χ1) is 12.4. The molecule has 1 aromatic heterocycles. The van der Waals surface area contributed by atoms with Crippen molar-refractivity contribution in [2.45, 2.75) is 20.8 Å². The molecular weight excluding hydrogens is 332 g/mol. The van der Waals surface area contributed by atoms with Crippen molar-refractivity contribution in [3.63, 3.8) is 0 Å². The molecule has 1 N–H and O–H groups in total. The van der Waals surface area contributed by atoms with Crippen LogP contribution in [0.3, 0.4) is 0 Å². The number of imidazole rings is 1. The maximum atomic E-state index is 12.7. The number of benzene rings is 1. The van der Waals surface area contributed by atoms with Gasteiger partial charge in [-0.15, -0.1) is 0 Å². The lowest BCUT2D eigenvalue weighted by molar-refractivity contribution is -0.135. The molecule has 0 atom stereocenters. The summed E-state index contributed by atoms with van der Waals surface area (Å²) in [5, 5.41) is 0. The van der Waals surface area contributed by atoms with E-state index in [1.165, 1.54) is 0 Å². The van der Waals surface area contributed by atoms with Gasteiger partial charge >= 0.3 is 5.69 Å². The van der Waals surface area contributed by atoms with Crippen molar-refractivity contribution in [1.29, 1.82) is 0 Å². The minimum Gasteiger partial charge on any atom is -0.339 e. The van der Waals surface area contributed by atoms with Gasteiger partial charge in [-0.1, -0.05) is 13.8 Å². The van der Waals surface area contributed by atoms with E-state index in [1.807, 2.05) is 25.7 Å². The molecule has 138 valence electrons. The number of carbonyl (C=O) groups is 2. The smallest absolute Gasteiger partial charge is 0.330 e. The molecule has 0 saturated carbocycles. The van der Waals surface area contributed by atoms with E-state index in [0.717, 1.165) is 11.4 Å². The van der Waals surface area contributed by atoms with Gasteiger partial charge in [0.2, 0.25) is 5.91 Å². The van der Waals surface area contributed by atoms with Crippen molar-refractivity contribution in [2.24, 2.45) is 5.92 Å². The van der Waals surface area contributed by atoms with Crippen LogP contribution in [-0.2, 0) is 4.79 Å². The van der Waals surface area contributed by atoms with E-state index >= 15 is 0 Å². The van der Waals surface area contributed by atoms with Crippen LogP contribution in [0, 0.1) is 12.8 Å². The van der Waals surface area contributed by atoms with Crippen molar-refractivity contribution in [3.05, 3.63) is 52.2 Å². The maximum absolute atomic E-state index is 12.7. The minimum atomic E-state index is -0.201. The normalized spacial score (nSPS) is 14.8. The minimum absolute atomic E-state index is 0.0231. The van der Waals surface area contributed by atoms with Gasteiger partial charge in [0.15, 0.2) is 0 Å². The molecule has 2 heterocycles. The Balaban J connectivity index is 1.68. The molecule has 1 aromatic carbocycles. The summed E-state index contributed by atoms with van der Waals surface area (Å²) in [4.78, 5) is 42.8. The molecule has 0 radical (unpaired) electrons. The van der Waals surface area contributed by atoms with Crippen LogP contribution < -0.4 is 5.69 Å².